The third-order valence-electron chi connectivity index (χ3n) is 6.22. The van der Waals surface area contributed by atoms with E-state index in [2.05, 4.69) is 19.9 Å². The zero-order valence-corrected chi connectivity index (χ0v) is 15.9. The minimum atomic E-state index is -0.638. The lowest BCUT2D eigenvalue weighted by atomic mass is 9.60. The van der Waals surface area contributed by atoms with Crippen LogP contribution in [-0.4, -0.2) is 51.9 Å². The van der Waals surface area contributed by atoms with Crippen molar-refractivity contribution in [3.8, 4) is 6.07 Å². The van der Waals surface area contributed by atoms with Crippen molar-refractivity contribution < 1.29 is 9.18 Å². The Labute approximate surface area is 166 Å². The monoisotopic (exact) mass is 390 g/mol. The predicted octanol–water partition coefficient (Wildman–Crippen LogP) is 2.71. The number of benzene rings is 1. The molecule has 2 aromatic heterocycles. The van der Waals surface area contributed by atoms with E-state index >= 15 is 0 Å². The number of likely N-dealkylation sites (tertiary alicyclic amines) is 1. The summed E-state index contributed by atoms with van der Waals surface area (Å²) in [6.07, 6.45) is 5.36. The molecule has 1 amide bonds. The Kier molecular flexibility index (Phi) is 3.81. The number of carbonyl (C=O) groups excluding carboxylic acids is 1. The standard InChI is InChI=1S/C21H19FN6O/c1-27(19-16-4-5-24-18(16)25-12-26-19)14-7-21(8-14)10-28(11-21)20(29)15-3-2-13(9-23)6-17(15)22/h2-6,12,14H,7-8,10-11H2,1H3,(H,24,25,26). The van der Waals surface area contributed by atoms with Crippen LogP contribution in [0.1, 0.15) is 28.8 Å². The molecule has 1 aliphatic heterocycles. The van der Waals surface area contributed by atoms with E-state index in [1.807, 2.05) is 25.4 Å². The number of hydrogen-bond acceptors (Lipinski definition) is 5. The minimum absolute atomic E-state index is 0.0303. The average molecular weight is 390 g/mol. The quantitative estimate of drug-likeness (QED) is 0.743. The number of hydrogen-bond donors (Lipinski definition) is 1. The van der Waals surface area contributed by atoms with Gasteiger partial charge in [-0.1, -0.05) is 0 Å². The normalized spacial score (nSPS) is 17.6. The van der Waals surface area contributed by atoms with Crippen molar-refractivity contribution in [1.82, 2.24) is 19.9 Å². The van der Waals surface area contributed by atoms with E-state index in [9.17, 15) is 9.18 Å². The summed E-state index contributed by atoms with van der Waals surface area (Å²) in [5, 5.41) is 9.84. The predicted molar refractivity (Wildman–Crippen MR) is 105 cm³/mol. The average Bonchev–Trinajstić information content (AvgIpc) is 3.14. The van der Waals surface area contributed by atoms with E-state index in [-0.39, 0.29) is 22.4 Å². The SMILES string of the molecule is CN(c1ncnc2[nH]ccc12)C1CC2(C1)CN(C(=O)c1ccc(C#N)cc1F)C2. The molecule has 146 valence electrons. The summed E-state index contributed by atoms with van der Waals surface area (Å²) < 4.78 is 14.1. The van der Waals surface area contributed by atoms with Crippen LogP contribution in [0.15, 0.2) is 36.8 Å². The Bertz CT molecular complexity index is 1150. The number of aromatic amines is 1. The first-order chi connectivity index (χ1) is 14.0. The second kappa shape index (κ2) is 6.27. The van der Waals surface area contributed by atoms with Crippen molar-refractivity contribution in [2.24, 2.45) is 5.41 Å². The van der Waals surface area contributed by atoms with E-state index in [4.69, 9.17) is 5.26 Å². The van der Waals surface area contributed by atoms with Crippen LogP contribution >= 0.6 is 0 Å². The Morgan fingerprint density at radius 3 is 2.86 bits per heavy atom. The number of nitrogens with zero attached hydrogens (tertiary/aromatic N) is 5. The molecular formula is C21H19FN6O. The molecular weight excluding hydrogens is 371 g/mol. The molecule has 1 aromatic carbocycles. The van der Waals surface area contributed by atoms with Gasteiger partial charge in [0.2, 0.25) is 0 Å². The largest absolute Gasteiger partial charge is 0.356 e. The van der Waals surface area contributed by atoms with Gasteiger partial charge >= 0.3 is 0 Å². The van der Waals surface area contributed by atoms with Crippen LogP contribution in [0.5, 0.6) is 0 Å². The summed E-state index contributed by atoms with van der Waals surface area (Å²) in [6.45, 7) is 1.28. The summed E-state index contributed by atoms with van der Waals surface area (Å²) in [6, 6.07) is 8.20. The fraction of sp³-hybridized carbons (Fsp3) is 0.333. The van der Waals surface area contributed by atoms with Gasteiger partial charge in [0.05, 0.1) is 22.6 Å². The molecule has 0 radical (unpaired) electrons. The number of fused-ring (bicyclic) bond motifs is 1. The van der Waals surface area contributed by atoms with E-state index < -0.39 is 5.82 Å². The number of anilines is 1. The highest BCUT2D eigenvalue weighted by molar-refractivity contribution is 5.95. The van der Waals surface area contributed by atoms with Gasteiger partial charge in [0.25, 0.3) is 5.91 Å². The zero-order chi connectivity index (χ0) is 20.2. The first-order valence-electron chi connectivity index (χ1n) is 9.49. The van der Waals surface area contributed by atoms with Gasteiger partial charge in [0, 0.05) is 37.8 Å². The molecule has 2 fully saturated rings. The highest BCUT2D eigenvalue weighted by Crippen LogP contribution is 2.51. The first-order valence-corrected chi connectivity index (χ1v) is 9.49. The number of aromatic nitrogens is 3. The van der Waals surface area contributed by atoms with Crippen LogP contribution in [0.4, 0.5) is 10.2 Å². The van der Waals surface area contributed by atoms with Crippen molar-refractivity contribution >= 4 is 22.8 Å². The number of H-pyrrole nitrogens is 1. The van der Waals surface area contributed by atoms with Gasteiger partial charge in [-0.25, -0.2) is 14.4 Å². The minimum Gasteiger partial charge on any atom is -0.356 e. The lowest BCUT2D eigenvalue weighted by Gasteiger charge is -2.60. The van der Waals surface area contributed by atoms with Crippen LogP contribution in [0.3, 0.4) is 0 Å². The third-order valence-corrected chi connectivity index (χ3v) is 6.22. The number of rotatable bonds is 3. The molecule has 5 rings (SSSR count). The molecule has 0 atom stereocenters. The van der Waals surface area contributed by atoms with Crippen LogP contribution < -0.4 is 4.90 Å². The van der Waals surface area contributed by atoms with Gasteiger partial charge in [0.1, 0.15) is 23.6 Å². The highest BCUT2D eigenvalue weighted by Gasteiger charge is 2.55. The Morgan fingerprint density at radius 1 is 1.34 bits per heavy atom. The number of amides is 1. The van der Waals surface area contributed by atoms with Gasteiger partial charge in [-0.2, -0.15) is 5.26 Å². The molecule has 1 N–H and O–H groups in total. The van der Waals surface area contributed by atoms with E-state index in [0.717, 1.165) is 35.8 Å². The second-order valence-electron chi connectivity index (χ2n) is 8.08. The van der Waals surface area contributed by atoms with Crippen LogP contribution in [-0.2, 0) is 0 Å². The molecule has 29 heavy (non-hydrogen) atoms. The maximum absolute atomic E-state index is 14.1. The van der Waals surface area contributed by atoms with E-state index in [1.165, 1.54) is 12.1 Å². The van der Waals surface area contributed by atoms with Crippen LogP contribution in [0.2, 0.25) is 0 Å². The van der Waals surface area contributed by atoms with Crippen LogP contribution in [0.25, 0.3) is 11.0 Å². The molecule has 8 heteroatoms. The third kappa shape index (κ3) is 2.73. The smallest absolute Gasteiger partial charge is 0.256 e. The highest BCUT2D eigenvalue weighted by atomic mass is 19.1. The lowest BCUT2D eigenvalue weighted by Crippen LogP contribution is -2.67. The summed E-state index contributed by atoms with van der Waals surface area (Å²) in [4.78, 5) is 28.3. The molecule has 2 aliphatic rings. The Morgan fingerprint density at radius 2 is 2.14 bits per heavy atom. The maximum Gasteiger partial charge on any atom is 0.256 e. The van der Waals surface area contributed by atoms with Crippen molar-refractivity contribution in [2.45, 2.75) is 18.9 Å². The summed E-state index contributed by atoms with van der Waals surface area (Å²) >= 11 is 0. The number of nitrogens with one attached hydrogen (secondary N) is 1. The Hall–Kier alpha value is -3.47. The van der Waals surface area contributed by atoms with Gasteiger partial charge in [-0.05, 0) is 37.1 Å². The van der Waals surface area contributed by atoms with Crippen molar-refractivity contribution in [3.63, 3.8) is 0 Å². The molecule has 1 saturated heterocycles. The van der Waals surface area contributed by atoms with Crippen molar-refractivity contribution in [3.05, 3.63) is 53.7 Å². The molecule has 0 bridgehead atoms. The summed E-state index contributed by atoms with van der Waals surface area (Å²) in [5.41, 5.74) is 1.18. The number of nitriles is 1. The molecule has 1 saturated carbocycles. The van der Waals surface area contributed by atoms with E-state index in [0.29, 0.717) is 19.1 Å². The molecule has 0 unspecified atom stereocenters. The topological polar surface area (TPSA) is 88.9 Å². The lowest BCUT2D eigenvalue weighted by molar-refractivity contribution is -0.0543. The van der Waals surface area contributed by atoms with Gasteiger partial charge < -0.3 is 14.8 Å². The van der Waals surface area contributed by atoms with Crippen molar-refractivity contribution in [1.29, 1.82) is 5.26 Å². The fourth-order valence-electron chi connectivity index (χ4n) is 4.62. The van der Waals surface area contributed by atoms with Crippen LogP contribution in [0, 0.1) is 22.6 Å². The summed E-state index contributed by atoms with van der Waals surface area (Å²) in [5.74, 6) is -0.0391. The Balaban J connectivity index is 1.23. The fourth-order valence-corrected chi connectivity index (χ4v) is 4.62. The zero-order valence-electron chi connectivity index (χ0n) is 15.9. The summed E-state index contributed by atoms with van der Waals surface area (Å²) in [7, 11) is 2.04. The maximum atomic E-state index is 14.1. The van der Waals surface area contributed by atoms with Gasteiger partial charge in [-0.3, -0.25) is 4.79 Å². The first kappa shape index (κ1) is 17.6. The molecule has 7 nitrogen and oxygen atoms in total. The molecule has 3 aromatic rings. The second-order valence-corrected chi connectivity index (χ2v) is 8.08. The molecule has 1 spiro atoms. The van der Waals surface area contributed by atoms with Gasteiger partial charge in [-0.15, -0.1) is 0 Å². The van der Waals surface area contributed by atoms with Gasteiger partial charge in [0.15, 0.2) is 0 Å². The number of carbonyl (C=O) groups is 1. The molecule has 1 aliphatic carbocycles. The number of halogens is 1. The molecule has 3 heterocycles. The van der Waals surface area contributed by atoms with Crippen molar-refractivity contribution in [2.75, 3.05) is 25.0 Å². The van der Waals surface area contributed by atoms with E-state index in [1.54, 1.807) is 11.2 Å².